The predicted octanol–water partition coefficient (Wildman–Crippen LogP) is 4.84. The Morgan fingerprint density at radius 1 is 1.11 bits per heavy atom. The van der Waals surface area contributed by atoms with E-state index in [4.69, 9.17) is 4.52 Å². The van der Waals surface area contributed by atoms with E-state index < -0.39 is 0 Å². The maximum absolute atomic E-state index is 14.2. The van der Waals surface area contributed by atoms with E-state index in [1.54, 1.807) is 43.6 Å². The van der Waals surface area contributed by atoms with Crippen LogP contribution in [-0.2, 0) is 0 Å². The molecule has 0 bridgehead atoms. The zero-order valence-electron chi connectivity index (χ0n) is 14.8. The monoisotopic (exact) mass is 361 g/mol. The quantitative estimate of drug-likeness (QED) is 0.488. The molecule has 0 amide bonds. The van der Waals surface area contributed by atoms with Crippen LogP contribution in [0.1, 0.15) is 23.0 Å². The summed E-state index contributed by atoms with van der Waals surface area (Å²) >= 11 is 0. The lowest BCUT2D eigenvalue weighted by Crippen LogP contribution is -1.94. The van der Waals surface area contributed by atoms with Crippen LogP contribution in [0, 0.1) is 12.7 Å². The molecule has 2 aromatic carbocycles. The van der Waals surface area contributed by atoms with Crippen molar-refractivity contribution in [3.63, 3.8) is 0 Å². The van der Waals surface area contributed by atoms with E-state index in [2.05, 4.69) is 10.1 Å². The molecule has 0 saturated carbocycles. The van der Waals surface area contributed by atoms with Crippen LogP contribution in [0.3, 0.4) is 0 Å². The third kappa shape index (κ3) is 3.06. The number of halogens is 1. The first kappa shape index (κ1) is 16.9. The second kappa shape index (κ2) is 6.64. The Morgan fingerprint density at radius 3 is 2.56 bits per heavy atom. The molecule has 0 spiro atoms. The second-order valence-electron chi connectivity index (χ2n) is 6.21. The fraction of sp³-hybridized carbons (Fsp3) is 0.0952. The third-order valence-corrected chi connectivity index (χ3v) is 4.40. The van der Waals surface area contributed by atoms with Gasteiger partial charge in [-0.3, -0.25) is 4.79 Å². The van der Waals surface area contributed by atoms with Crippen LogP contribution in [0.4, 0.5) is 4.39 Å². The van der Waals surface area contributed by atoms with Gasteiger partial charge in [0.1, 0.15) is 17.3 Å². The van der Waals surface area contributed by atoms with Gasteiger partial charge in [0.05, 0.1) is 17.6 Å². The number of aryl methyl sites for hydroxylation is 1. The molecule has 0 saturated heterocycles. The molecule has 134 valence electrons. The molecule has 2 aromatic heterocycles. The van der Waals surface area contributed by atoms with Crippen molar-refractivity contribution in [3.8, 4) is 28.2 Å². The molecule has 0 unspecified atom stereocenters. The molecule has 27 heavy (non-hydrogen) atoms. The van der Waals surface area contributed by atoms with Gasteiger partial charge in [0.15, 0.2) is 5.78 Å². The van der Waals surface area contributed by atoms with E-state index in [1.807, 2.05) is 22.9 Å². The molecule has 0 aliphatic carbocycles. The summed E-state index contributed by atoms with van der Waals surface area (Å²) in [5, 5.41) is 4.03. The number of hydrogen-bond acceptors (Lipinski definition) is 4. The van der Waals surface area contributed by atoms with Gasteiger partial charge in [-0.2, -0.15) is 0 Å². The largest absolute Gasteiger partial charge is 0.360 e. The molecule has 0 aliphatic rings. The van der Waals surface area contributed by atoms with Crippen molar-refractivity contribution < 1.29 is 13.7 Å². The highest BCUT2D eigenvalue weighted by molar-refractivity contribution is 5.94. The molecule has 0 N–H and O–H groups in total. The maximum atomic E-state index is 14.2. The molecule has 0 atom stereocenters. The fourth-order valence-electron chi connectivity index (χ4n) is 2.97. The Morgan fingerprint density at radius 2 is 1.85 bits per heavy atom. The molecule has 0 radical (unpaired) electrons. The lowest BCUT2D eigenvalue weighted by atomic mass is 10.0. The number of benzene rings is 2. The van der Waals surface area contributed by atoms with Gasteiger partial charge in [0, 0.05) is 23.0 Å². The first-order valence-corrected chi connectivity index (χ1v) is 8.41. The highest BCUT2D eigenvalue weighted by Gasteiger charge is 2.21. The number of nitrogens with zero attached hydrogens (tertiary/aromatic N) is 3. The Hall–Kier alpha value is -3.54. The number of carbonyl (C=O) groups is 1. The van der Waals surface area contributed by atoms with Crippen LogP contribution in [0.25, 0.3) is 28.2 Å². The van der Waals surface area contributed by atoms with Gasteiger partial charge in [-0.15, -0.1) is 0 Å². The Kier molecular flexibility index (Phi) is 4.16. The first-order valence-electron chi connectivity index (χ1n) is 8.41. The summed E-state index contributed by atoms with van der Waals surface area (Å²) in [5.74, 6) is 0.208. The molecule has 4 aromatic rings. The average Bonchev–Trinajstić information content (AvgIpc) is 3.29. The number of carbonyl (C=O) groups excluding carboxylic acids is 1. The van der Waals surface area contributed by atoms with Gasteiger partial charge in [-0.25, -0.2) is 9.37 Å². The summed E-state index contributed by atoms with van der Waals surface area (Å²) in [4.78, 5) is 15.9. The van der Waals surface area contributed by atoms with Gasteiger partial charge < -0.3 is 9.09 Å². The lowest BCUT2D eigenvalue weighted by molar-refractivity contribution is 0.101. The smallest absolute Gasteiger partial charge is 0.159 e. The lowest BCUT2D eigenvalue weighted by Gasteiger charge is -2.03. The Labute approximate surface area is 155 Å². The summed E-state index contributed by atoms with van der Waals surface area (Å²) in [5.41, 5.74) is 3.57. The fourth-order valence-corrected chi connectivity index (χ4v) is 2.97. The van der Waals surface area contributed by atoms with E-state index in [0.717, 1.165) is 5.69 Å². The van der Waals surface area contributed by atoms with E-state index in [0.29, 0.717) is 33.8 Å². The van der Waals surface area contributed by atoms with E-state index in [-0.39, 0.29) is 11.6 Å². The van der Waals surface area contributed by atoms with Gasteiger partial charge >= 0.3 is 0 Å². The van der Waals surface area contributed by atoms with Crippen molar-refractivity contribution in [1.82, 2.24) is 14.7 Å². The van der Waals surface area contributed by atoms with Crippen molar-refractivity contribution in [3.05, 3.63) is 78.2 Å². The first-order chi connectivity index (χ1) is 13.0. The predicted molar refractivity (Wildman–Crippen MR) is 99.2 cm³/mol. The second-order valence-corrected chi connectivity index (χ2v) is 6.21. The molecule has 5 nitrogen and oxygen atoms in total. The summed E-state index contributed by atoms with van der Waals surface area (Å²) in [6.07, 6.45) is 3.49. The number of rotatable bonds is 4. The van der Waals surface area contributed by atoms with Crippen molar-refractivity contribution >= 4 is 5.78 Å². The number of imidazole rings is 1. The molecule has 0 aliphatic heterocycles. The molecular weight excluding hydrogens is 345 g/mol. The molecule has 2 heterocycles. The maximum Gasteiger partial charge on any atom is 0.159 e. The molecule has 6 heteroatoms. The third-order valence-electron chi connectivity index (χ3n) is 4.40. The Balaban J connectivity index is 1.75. The number of ketones is 1. The zero-order valence-corrected chi connectivity index (χ0v) is 14.8. The van der Waals surface area contributed by atoms with Crippen molar-refractivity contribution in [1.29, 1.82) is 0 Å². The minimum Gasteiger partial charge on any atom is -0.360 e. The van der Waals surface area contributed by atoms with Crippen LogP contribution in [-0.4, -0.2) is 20.5 Å². The number of aromatic nitrogens is 3. The van der Waals surface area contributed by atoms with Crippen LogP contribution in [0.2, 0.25) is 0 Å². The summed E-state index contributed by atoms with van der Waals surface area (Å²) in [6, 6.07) is 13.7. The van der Waals surface area contributed by atoms with Crippen LogP contribution < -0.4 is 0 Å². The van der Waals surface area contributed by atoms with Crippen LogP contribution in [0.15, 0.2) is 65.6 Å². The molecular formula is C21H16FN3O2. The van der Waals surface area contributed by atoms with Gasteiger partial charge in [0.2, 0.25) is 0 Å². The SMILES string of the molecule is CC(=O)c1ccc(-n2cnc(-c3c(-c4ccccc4F)noc3C)c2)cc1. The van der Waals surface area contributed by atoms with Crippen molar-refractivity contribution in [2.75, 3.05) is 0 Å². The normalized spacial score (nSPS) is 10.9. The molecule has 0 fully saturated rings. The number of hydrogen-bond donors (Lipinski definition) is 0. The highest BCUT2D eigenvalue weighted by atomic mass is 19.1. The van der Waals surface area contributed by atoms with Crippen molar-refractivity contribution in [2.24, 2.45) is 0 Å². The summed E-state index contributed by atoms with van der Waals surface area (Å²) in [7, 11) is 0. The van der Waals surface area contributed by atoms with Gasteiger partial charge in [0.25, 0.3) is 0 Å². The Bertz CT molecular complexity index is 1130. The van der Waals surface area contributed by atoms with E-state index in [9.17, 15) is 9.18 Å². The standard InChI is InChI=1S/C21H16FN3O2/c1-13(26)15-7-9-16(10-8-15)25-11-19(23-12-25)20-14(2)27-24-21(20)17-5-3-4-6-18(17)22/h3-12H,1-2H3. The minimum absolute atomic E-state index is 0.0162. The average molecular weight is 361 g/mol. The minimum atomic E-state index is -0.369. The zero-order chi connectivity index (χ0) is 19.0. The highest BCUT2D eigenvalue weighted by Crippen LogP contribution is 2.34. The molecule has 4 rings (SSSR count). The van der Waals surface area contributed by atoms with Crippen LogP contribution in [0.5, 0.6) is 0 Å². The number of Topliss-reactive ketones (excluding diaryl/α,β-unsaturated/α-hetero) is 1. The van der Waals surface area contributed by atoms with E-state index in [1.165, 1.54) is 13.0 Å². The summed E-state index contributed by atoms with van der Waals surface area (Å²) < 4.78 is 21.4. The van der Waals surface area contributed by atoms with Crippen molar-refractivity contribution in [2.45, 2.75) is 13.8 Å². The van der Waals surface area contributed by atoms with E-state index >= 15 is 0 Å². The van der Waals surface area contributed by atoms with Gasteiger partial charge in [-0.1, -0.05) is 17.3 Å². The summed E-state index contributed by atoms with van der Waals surface area (Å²) in [6.45, 7) is 3.30. The van der Waals surface area contributed by atoms with Gasteiger partial charge in [-0.05, 0) is 50.2 Å². The van der Waals surface area contributed by atoms with Crippen LogP contribution >= 0.6 is 0 Å². The topological polar surface area (TPSA) is 60.9 Å².